The van der Waals surface area contributed by atoms with Crippen LogP contribution in [-0.4, -0.2) is 24.0 Å². The van der Waals surface area contributed by atoms with Gasteiger partial charge in [0.2, 0.25) is 0 Å². The molecule has 4 heteroatoms. The summed E-state index contributed by atoms with van der Waals surface area (Å²) in [6.07, 6.45) is 7.26. The normalized spacial score (nSPS) is 22.9. The summed E-state index contributed by atoms with van der Waals surface area (Å²) in [5.74, 6) is 2.56. The number of nitrogens with zero attached hydrogens (tertiary/aromatic N) is 2. The van der Waals surface area contributed by atoms with Crippen molar-refractivity contribution in [2.45, 2.75) is 46.1 Å². The maximum Gasteiger partial charge on any atom is 0.191 e. The van der Waals surface area contributed by atoms with Crippen LogP contribution < -0.4 is 10.6 Å². The van der Waals surface area contributed by atoms with Crippen LogP contribution in [0.2, 0.25) is 0 Å². The first kappa shape index (κ1) is 15.8. The lowest BCUT2D eigenvalue weighted by Crippen LogP contribution is -2.40. The molecule has 1 aromatic rings. The van der Waals surface area contributed by atoms with E-state index >= 15 is 0 Å². The highest BCUT2D eigenvalue weighted by atomic mass is 15.2. The zero-order valence-electron chi connectivity index (χ0n) is 13.3. The van der Waals surface area contributed by atoms with Gasteiger partial charge in [0.15, 0.2) is 5.96 Å². The Labute approximate surface area is 128 Å². The van der Waals surface area contributed by atoms with Crippen molar-refractivity contribution >= 4 is 5.96 Å². The lowest BCUT2D eigenvalue weighted by Gasteiger charge is -2.27. The molecule has 2 rings (SSSR count). The van der Waals surface area contributed by atoms with Gasteiger partial charge in [-0.25, -0.2) is 4.99 Å². The maximum atomic E-state index is 4.62. The molecule has 1 heterocycles. The van der Waals surface area contributed by atoms with Gasteiger partial charge in [0, 0.05) is 19.3 Å². The number of hydrogen-bond donors (Lipinski definition) is 2. The Bertz CT molecular complexity index is 430. The zero-order valence-corrected chi connectivity index (χ0v) is 13.3. The molecule has 1 saturated carbocycles. The monoisotopic (exact) mass is 288 g/mol. The second kappa shape index (κ2) is 8.65. The molecule has 4 nitrogen and oxygen atoms in total. The van der Waals surface area contributed by atoms with Crippen LogP contribution >= 0.6 is 0 Å². The molecule has 1 aliphatic rings. The predicted molar refractivity (Wildman–Crippen MR) is 88.2 cm³/mol. The number of guanidine groups is 1. The smallest absolute Gasteiger partial charge is 0.191 e. The summed E-state index contributed by atoms with van der Waals surface area (Å²) in [4.78, 5) is 8.93. The molecule has 0 aromatic carbocycles. The molecule has 2 atom stereocenters. The summed E-state index contributed by atoms with van der Waals surface area (Å²) in [5, 5.41) is 6.81. The summed E-state index contributed by atoms with van der Waals surface area (Å²) in [7, 11) is 0. The van der Waals surface area contributed by atoms with E-state index < -0.39 is 0 Å². The second-order valence-corrected chi connectivity index (χ2v) is 6.03. The molecule has 1 aromatic heterocycles. The molecular formula is C17H28N4. The number of aliphatic imine (C=N–C) groups is 1. The fourth-order valence-electron chi connectivity index (χ4n) is 2.98. The minimum Gasteiger partial charge on any atom is -0.357 e. The molecule has 0 aliphatic heterocycles. The van der Waals surface area contributed by atoms with Crippen molar-refractivity contribution in [3.05, 3.63) is 30.1 Å². The molecule has 0 amide bonds. The van der Waals surface area contributed by atoms with Gasteiger partial charge >= 0.3 is 0 Å². The van der Waals surface area contributed by atoms with Crippen LogP contribution in [0.25, 0.3) is 0 Å². The van der Waals surface area contributed by atoms with Crippen LogP contribution in [0.4, 0.5) is 0 Å². The molecule has 2 N–H and O–H groups in total. The molecule has 0 saturated heterocycles. The van der Waals surface area contributed by atoms with Gasteiger partial charge < -0.3 is 10.6 Å². The third-order valence-electron chi connectivity index (χ3n) is 4.07. The van der Waals surface area contributed by atoms with E-state index in [-0.39, 0.29) is 0 Å². The summed E-state index contributed by atoms with van der Waals surface area (Å²) >= 11 is 0. The fraction of sp³-hybridized carbons (Fsp3) is 0.647. The van der Waals surface area contributed by atoms with Crippen molar-refractivity contribution in [3.63, 3.8) is 0 Å². The molecule has 21 heavy (non-hydrogen) atoms. The Morgan fingerprint density at radius 3 is 2.95 bits per heavy atom. The average molecular weight is 288 g/mol. The van der Waals surface area contributed by atoms with E-state index in [0.717, 1.165) is 36.6 Å². The van der Waals surface area contributed by atoms with E-state index in [1.807, 2.05) is 24.4 Å². The van der Waals surface area contributed by atoms with Crippen LogP contribution in [0.3, 0.4) is 0 Å². The van der Waals surface area contributed by atoms with Crippen molar-refractivity contribution < 1.29 is 0 Å². The first-order valence-corrected chi connectivity index (χ1v) is 8.20. The minimum absolute atomic E-state index is 0.622. The molecular weight excluding hydrogens is 260 g/mol. The lowest BCUT2D eigenvalue weighted by atomic mass is 9.82. The maximum absolute atomic E-state index is 4.62. The van der Waals surface area contributed by atoms with E-state index in [9.17, 15) is 0 Å². The summed E-state index contributed by atoms with van der Waals surface area (Å²) < 4.78 is 0. The number of pyridine rings is 1. The molecule has 116 valence electrons. The molecule has 0 spiro atoms. The molecule has 0 bridgehead atoms. The summed E-state index contributed by atoms with van der Waals surface area (Å²) in [6, 6.07) is 5.94. The number of hydrogen-bond acceptors (Lipinski definition) is 2. The van der Waals surface area contributed by atoms with Gasteiger partial charge in [-0.1, -0.05) is 25.8 Å². The Balaban J connectivity index is 1.83. The number of nitrogens with one attached hydrogen (secondary N) is 2. The van der Waals surface area contributed by atoms with Crippen LogP contribution in [0.15, 0.2) is 29.4 Å². The van der Waals surface area contributed by atoms with Crippen molar-refractivity contribution in [1.82, 2.24) is 15.6 Å². The Morgan fingerprint density at radius 2 is 2.24 bits per heavy atom. The minimum atomic E-state index is 0.622. The third kappa shape index (κ3) is 5.74. The average Bonchev–Trinajstić information content (AvgIpc) is 2.51. The van der Waals surface area contributed by atoms with E-state index in [0.29, 0.717) is 6.54 Å². The Morgan fingerprint density at radius 1 is 1.33 bits per heavy atom. The topological polar surface area (TPSA) is 49.3 Å². The van der Waals surface area contributed by atoms with E-state index in [4.69, 9.17) is 0 Å². The van der Waals surface area contributed by atoms with E-state index in [1.165, 1.54) is 25.7 Å². The number of aromatic nitrogens is 1. The van der Waals surface area contributed by atoms with Crippen molar-refractivity contribution in [3.8, 4) is 0 Å². The third-order valence-corrected chi connectivity index (χ3v) is 4.07. The van der Waals surface area contributed by atoms with Crippen LogP contribution in [0, 0.1) is 11.8 Å². The summed E-state index contributed by atoms with van der Waals surface area (Å²) in [6.45, 7) is 7.00. The highest BCUT2D eigenvalue weighted by Gasteiger charge is 2.18. The van der Waals surface area contributed by atoms with Gasteiger partial charge in [-0.15, -0.1) is 0 Å². The molecule has 1 aliphatic carbocycles. The largest absolute Gasteiger partial charge is 0.357 e. The zero-order chi connectivity index (χ0) is 14.9. The lowest BCUT2D eigenvalue weighted by molar-refractivity contribution is 0.282. The van der Waals surface area contributed by atoms with Gasteiger partial charge in [-0.2, -0.15) is 0 Å². The van der Waals surface area contributed by atoms with Crippen molar-refractivity contribution in [1.29, 1.82) is 0 Å². The van der Waals surface area contributed by atoms with Crippen molar-refractivity contribution in [2.75, 3.05) is 13.1 Å². The standard InChI is InChI=1S/C17H28N4/c1-3-18-17(21-13-16-9-4-5-10-19-16)20-12-15-8-6-7-14(2)11-15/h4-5,9-10,14-15H,3,6-8,11-13H2,1-2H3,(H2,18,20,21). The highest BCUT2D eigenvalue weighted by Crippen LogP contribution is 2.27. The molecule has 0 radical (unpaired) electrons. The van der Waals surface area contributed by atoms with Gasteiger partial charge in [-0.3, -0.25) is 4.98 Å². The van der Waals surface area contributed by atoms with E-state index in [2.05, 4.69) is 34.5 Å². The van der Waals surface area contributed by atoms with Gasteiger partial charge in [0.1, 0.15) is 0 Å². The quantitative estimate of drug-likeness (QED) is 0.647. The van der Waals surface area contributed by atoms with Gasteiger partial charge in [-0.05, 0) is 43.7 Å². The van der Waals surface area contributed by atoms with Crippen LogP contribution in [-0.2, 0) is 6.54 Å². The molecule has 1 fully saturated rings. The fourth-order valence-corrected chi connectivity index (χ4v) is 2.98. The van der Waals surface area contributed by atoms with Gasteiger partial charge in [0.25, 0.3) is 0 Å². The van der Waals surface area contributed by atoms with Crippen LogP contribution in [0.5, 0.6) is 0 Å². The predicted octanol–water partition coefficient (Wildman–Crippen LogP) is 2.96. The van der Waals surface area contributed by atoms with E-state index in [1.54, 1.807) is 0 Å². The first-order chi connectivity index (χ1) is 10.3. The highest BCUT2D eigenvalue weighted by molar-refractivity contribution is 5.79. The molecule has 2 unspecified atom stereocenters. The van der Waals surface area contributed by atoms with Crippen molar-refractivity contribution in [2.24, 2.45) is 16.8 Å². The first-order valence-electron chi connectivity index (χ1n) is 8.20. The second-order valence-electron chi connectivity index (χ2n) is 6.03. The Hall–Kier alpha value is -1.58. The van der Waals surface area contributed by atoms with Crippen LogP contribution in [0.1, 0.15) is 45.2 Å². The SMILES string of the molecule is CCNC(=NCc1ccccn1)NCC1CCCC(C)C1. The summed E-state index contributed by atoms with van der Waals surface area (Å²) in [5.41, 5.74) is 1.00. The van der Waals surface area contributed by atoms with Gasteiger partial charge in [0.05, 0.1) is 12.2 Å². The number of rotatable bonds is 5. The Kier molecular flexibility index (Phi) is 6.51.